The molecule has 8 heteroatoms. The van der Waals surface area contributed by atoms with Gasteiger partial charge in [0, 0.05) is 20.1 Å². The smallest absolute Gasteiger partial charge is 0.272 e. The molecule has 0 radical (unpaired) electrons. The number of benzene rings is 2. The van der Waals surface area contributed by atoms with Crippen molar-refractivity contribution in [3.05, 3.63) is 59.7 Å². The molecule has 0 aliphatic rings. The van der Waals surface area contributed by atoms with Crippen molar-refractivity contribution in [3.63, 3.8) is 0 Å². The fourth-order valence-corrected chi connectivity index (χ4v) is 2.28. The lowest BCUT2D eigenvalue weighted by atomic mass is 10.2. The first kappa shape index (κ1) is 22.9. The minimum absolute atomic E-state index is 0. The van der Waals surface area contributed by atoms with E-state index in [1.807, 2.05) is 30.3 Å². The van der Waals surface area contributed by atoms with Crippen LogP contribution in [-0.2, 0) is 13.1 Å². The van der Waals surface area contributed by atoms with Crippen LogP contribution in [0.15, 0.2) is 53.5 Å². The summed E-state index contributed by atoms with van der Waals surface area (Å²) in [5.74, 6) is 1.85. The number of guanidine groups is 1. The quantitative estimate of drug-likeness (QED) is 0.335. The average Bonchev–Trinajstić information content (AvgIpc) is 2.67. The van der Waals surface area contributed by atoms with E-state index in [1.54, 1.807) is 32.4 Å². The summed E-state index contributed by atoms with van der Waals surface area (Å²) in [5, 5.41) is 6.40. The van der Waals surface area contributed by atoms with Crippen molar-refractivity contribution in [3.8, 4) is 11.5 Å². The van der Waals surface area contributed by atoms with E-state index in [0.717, 1.165) is 16.9 Å². The molecule has 0 saturated carbocycles. The lowest BCUT2D eigenvalue weighted by molar-refractivity contribution is 0.0818. The number of methoxy groups -OCH3 is 1. The maximum Gasteiger partial charge on any atom is 0.272 e. The molecule has 0 unspecified atom stereocenters. The van der Waals surface area contributed by atoms with Crippen molar-refractivity contribution in [2.75, 3.05) is 20.8 Å². The van der Waals surface area contributed by atoms with Gasteiger partial charge in [-0.25, -0.2) is 8.78 Å². The Hall–Kier alpha value is -2.10. The van der Waals surface area contributed by atoms with Gasteiger partial charge in [0.05, 0.1) is 7.11 Å². The molecular formula is C19H24F2IN3O2. The van der Waals surface area contributed by atoms with Gasteiger partial charge in [0.2, 0.25) is 0 Å². The molecule has 0 spiro atoms. The van der Waals surface area contributed by atoms with Gasteiger partial charge in [-0.1, -0.05) is 24.3 Å². The summed E-state index contributed by atoms with van der Waals surface area (Å²) in [5.41, 5.74) is 1.97. The zero-order valence-electron chi connectivity index (χ0n) is 15.2. The fraction of sp³-hybridized carbons (Fsp3) is 0.316. The summed E-state index contributed by atoms with van der Waals surface area (Å²) >= 11 is 0. The van der Waals surface area contributed by atoms with Crippen LogP contribution in [0, 0.1) is 0 Å². The van der Waals surface area contributed by atoms with Crippen LogP contribution in [0.25, 0.3) is 0 Å². The van der Waals surface area contributed by atoms with Crippen LogP contribution in [0.1, 0.15) is 11.1 Å². The van der Waals surface area contributed by atoms with E-state index in [1.165, 1.54) is 0 Å². The third kappa shape index (κ3) is 8.42. The van der Waals surface area contributed by atoms with Gasteiger partial charge in [-0.3, -0.25) is 4.99 Å². The lowest BCUT2D eigenvalue weighted by Crippen LogP contribution is -2.36. The number of rotatable bonds is 8. The topological polar surface area (TPSA) is 54.9 Å². The highest BCUT2D eigenvalue weighted by Crippen LogP contribution is 2.14. The molecule has 0 amide bonds. The van der Waals surface area contributed by atoms with E-state index < -0.39 is 13.0 Å². The van der Waals surface area contributed by atoms with E-state index in [-0.39, 0.29) is 24.0 Å². The molecule has 0 saturated heterocycles. The van der Waals surface area contributed by atoms with Crippen LogP contribution >= 0.6 is 24.0 Å². The fourth-order valence-electron chi connectivity index (χ4n) is 2.28. The Morgan fingerprint density at radius 2 is 1.56 bits per heavy atom. The van der Waals surface area contributed by atoms with Crippen LogP contribution < -0.4 is 20.1 Å². The van der Waals surface area contributed by atoms with Gasteiger partial charge >= 0.3 is 0 Å². The standard InChI is InChI=1S/C19H23F2N3O2.HI/c1-22-19(23-11-14-5-3-7-16(9-14)25-2)24-12-15-6-4-8-17(10-15)26-13-18(20)21;/h3-10,18H,11-13H2,1-2H3,(H2,22,23,24);1H. The van der Waals surface area contributed by atoms with Crippen LogP contribution in [0.2, 0.25) is 0 Å². The number of nitrogens with zero attached hydrogens (tertiary/aromatic N) is 1. The Kier molecular flexibility index (Phi) is 10.5. The van der Waals surface area contributed by atoms with Gasteiger partial charge < -0.3 is 20.1 Å². The zero-order valence-corrected chi connectivity index (χ0v) is 17.6. The number of halogens is 3. The number of nitrogens with one attached hydrogen (secondary N) is 2. The van der Waals surface area contributed by atoms with Gasteiger partial charge in [0.1, 0.15) is 18.1 Å². The molecule has 2 N–H and O–H groups in total. The molecular weight excluding hydrogens is 467 g/mol. The van der Waals surface area contributed by atoms with Crippen molar-refractivity contribution in [2.24, 2.45) is 4.99 Å². The third-order valence-electron chi connectivity index (χ3n) is 3.55. The van der Waals surface area contributed by atoms with Gasteiger partial charge in [0.15, 0.2) is 5.96 Å². The van der Waals surface area contributed by atoms with E-state index in [9.17, 15) is 8.78 Å². The Bertz CT molecular complexity index is 730. The minimum Gasteiger partial charge on any atom is -0.497 e. The van der Waals surface area contributed by atoms with Crippen molar-refractivity contribution >= 4 is 29.9 Å². The van der Waals surface area contributed by atoms with Gasteiger partial charge in [0.25, 0.3) is 6.43 Å². The predicted molar refractivity (Wildman–Crippen MR) is 113 cm³/mol. The summed E-state index contributed by atoms with van der Waals surface area (Å²) in [7, 11) is 3.31. The third-order valence-corrected chi connectivity index (χ3v) is 3.55. The number of hydrogen-bond acceptors (Lipinski definition) is 3. The molecule has 0 fully saturated rings. The highest BCUT2D eigenvalue weighted by Gasteiger charge is 2.05. The lowest BCUT2D eigenvalue weighted by Gasteiger charge is -2.13. The Labute approximate surface area is 175 Å². The Morgan fingerprint density at radius 1 is 1.00 bits per heavy atom. The highest BCUT2D eigenvalue weighted by atomic mass is 127. The van der Waals surface area contributed by atoms with E-state index in [0.29, 0.717) is 24.8 Å². The summed E-state index contributed by atoms with van der Waals surface area (Å²) in [6, 6.07) is 14.8. The van der Waals surface area contributed by atoms with E-state index in [2.05, 4.69) is 15.6 Å². The summed E-state index contributed by atoms with van der Waals surface area (Å²) in [4.78, 5) is 4.18. The molecule has 2 aromatic carbocycles. The Balaban J connectivity index is 0.00000364. The van der Waals surface area contributed by atoms with Gasteiger partial charge in [-0.15, -0.1) is 24.0 Å². The first-order valence-corrected chi connectivity index (χ1v) is 8.18. The maximum absolute atomic E-state index is 12.2. The average molecular weight is 491 g/mol. The first-order valence-electron chi connectivity index (χ1n) is 8.18. The first-order chi connectivity index (χ1) is 12.6. The molecule has 0 aromatic heterocycles. The zero-order chi connectivity index (χ0) is 18.8. The second-order valence-corrected chi connectivity index (χ2v) is 5.48. The van der Waals surface area contributed by atoms with Crippen molar-refractivity contribution in [2.45, 2.75) is 19.5 Å². The van der Waals surface area contributed by atoms with Crippen LogP contribution in [0.4, 0.5) is 8.78 Å². The largest absolute Gasteiger partial charge is 0.497 e. The van der Waals surface area contributed by atoms with E-state index >= 15 is 0 Å². The second kappa shape index (κ2) is 12.3. The number of ether oxygens (including phenoxy) is 2. The molecule has 0 bridgehead atoms. The summed E-state index contributed by atoms with van der Waals surface area (Å²) < 4.78 is 34.7. The van der Waals surface area contributed by atoms with Crippen molar-refractivity contribution in [1.82, 2.24) is 10.6 Å². The number of alkyl halides is 2. The second-order valence-electron chi connectivity index (χ2n) is 5.48. The highest BCUT2D eigenvalue weighted by molar-refractivity contribution is 14.0. The normalized spacial score (nSPS) is 10.9. The molecule has 0 aliphatic heterocycles. The van der Waals surface area contributed by atoms with Crippen LogP contribution in [0.5, 0.6) is 11.5 Å². The molecule has 27 heavy (non-hydrogen) atoms. The molecule has 5 nitrogen and oxygen atoms in total. The summed E-state index contributed by atoms with van der Waals surface area (Å²) in [6.07, 6.45) is -2.49. The number of hydrogen-bond donors (Lipinski definition) is 2. The van der Waals surface area contributed by atoms with Crippen LogP contribution in [-0.4, -0.2) is 33.1 Å². The van der Waals surface area contributed by atoms with Crippen molar-refractivity contribution in [1.29, 1.82) is 0 Å². The molecule has 2 aromatic rings. The van der Waals surface area contributed by atoms with Crippen molar-refractivity contribution < 1.29 is 18.3 Å². The molecule has 148 valence electrons. The summed E-state index contributed by atoms with van der Waals surface area (Å²) in [6.45, 7) is 0.471. The molecule has 2 rings (SSSR count). The predicted octanol–water partition coefficient (Wildman–Crippen LogP) is 3.82. The number of aliphatic imine (C=N–C) groups is 1. The van der Waals surface area contributed by atoms with E-state index in [4.69, 9.17) is 9.47 Å². The maximum atomic E-state index is 12.2. The molecule has 0 aliphatic carbocycles. The minimum atomic E-state index is -2.49. The van der Waals surface area contributed by atoms with Gasteiger partial charge in [-0.2, -0.15) is 0 Å². The Morgan fingerprint density at radius 3 is 2.07 bits per heavy atom. The van der Waals surface area contributed by atoms with Crippen LogP contribution in [0.3, 0.4) is 0 Å². The molecule has 0 atom stereocenters. The molecule has 0 heterocycles. The van der Waals surface area contributed by atoms with Gasteiger partial charge in [-0.05, 0) is 35.4 Å². The SMILES string of the molecule is CN=C(NCc1cccc(OC)c1)NCc1cccc(OCC(F)F)c1.I. The monoisotopic (exact) mass is 491 g/mol.